The Morgan fingerprint density at radius 1 is 1.02 bits per heavy atom. The molecule has 14 heteroatoms. The summed E-state index contributed by atoms with van der Waals surface area (Å²) in [5.74, 6) is -5.29. The van der Waals surface area contributed by atoms with E-state index in [2.05, 4.69) is 0 Å². The van der Waals surface area contributed by atoms with Gasteiger partial charge in [0.2, 0.25) is 11.9 Å². The van der Waals surface area contributed by atoms with E-state index in [0.29, 0.717) is 0 Å². The van der Waals surface area contributed by atoms with Gasteiger partial charge in [0, 0.05) is 0 Å². The SMILES string of the molecule is CC1C(=O)O[C@H]2[C@H](O)[C@@]34C5CC(C(C)(C)C)C36[C@@H](OC(=O)[C@@H]6OCCOCCOCC(=O)O)O[C@@]4(C(=O)O5)[C@@]12O. The van der Waals surface area contributed by atoms with Crippen molar-refractivity contribution in [2.24, 2.45) is 28.1 Å². The number of carbonyl (C=O) groups is 4. The number of esters is 3. The molecule has 3 N–H and O–H groups in total. The molecule has 6 rings (SSSR count). The van der Waals surface area contributed by atoms with Gasteiger partial charge in [0.1, 0.15) is 18.8 Å². The number of ether oxygens (including phenoxy) is 7. The van der Waals surface area contributed by atoms with Crippen LogP contribution < -0.4 is 0 Å². The molecule has 4 saturated heterocycles. The maximum absolute atomic E-state index is 13.8. The lowest BCUT2D eigenvalue weighted by Crippen LogP contribution is -2.67. The lowest BCUT2D eigenvalue weighted by Gasteiger charge is -2.48. The van der Waals surface area contributed by atoms with E-state index in [-0.39, 0.29) is 32.8 Å². The molecule has 4 unspecified atom stereocenters. The minimum Gasteiger partial charge on any atom is -0.480 e. The molecule has 40 heavy (non-hydrogen) atoms. The fraction of sp³-hybridized carbons (Fsp3) is 0.846. The predicted octanol–water partition coefficient (Wildman–Crippen LogP) is -1.23. The summed E-state index contributed by atoms with van der Waals surface area (Å²) in [4.78, 5) is 50.3. The summed E-state index contributed by atoms with van der Waals surface area (Å²) in [6.07, 6.45) is -6.59. The van der Waals surface area contributed by atoms with Crippen molar-refractivity contribution >= 4 is 23.9 Å². The highest BCUT2D eigenvalue weighted by molar-refractivity contribution is 5.94. The van der Waals surface area contributed by atoms with Crippen molar-refractivity contribution in [3.05, 3.63) is 0 Å². The standard InChI is InChI=1S/C26H34O14/c1-11-18(30)38-16-15(29)24-13-9-12(22(2,3)4)23(24)17(36-8-7-34-5-6-35-10-14(27)28)19(31)39-21(23)40-26(24,20(32)37-13)25(11,16)33/h11-13,15-17,21,29,33H,5-10H2,1-4H3,(H,27,28)/t11?,12?,13?,15-,16-,17-,21-,23?,24-,25+,26+/m0/s1. The molecule has 0 radical (unpaired) electrons. The van der Waals surface area contributed by atoms with Crippen molar-refractivity contribution in [2.75, 3.05) is 33.0 Å². The highest BCUT2D eigenvalue weighted by atomic mass is 16.8. The quantitative estimate of drug-likeness (QED) is 0.169. The van der Waals surface area contributed by atoms with Crippen LogP contribution in [-0.2, 0) is 52.3 Å². The second-order valence-corrected chi connectivity index (χ2v) is 12.6. The molecule has 0 aromatic heterocycles. The number of carboxylic acid groups (broad SMARTS) is 1. The molecule has 222 valence electrons. The van der Waals surface area contributed by atoms with Crippen LogP contribution in [0.4, 0.5) is 0 Å². The smallest absolute Gasteiger partial charge is 0.343 e. The predicted molar refractivity (Wildman–Crippen MR) is 125 cm³/mol. The zero-order valence-electron chi connectivity index (χ0n) is 22.6. The van der Waals surface area contributed by atoms with Gasteiger partial charge in [-0.25, -0.2) is 14.4 Å². The molecule has 2 spiro atoms. The Balaban J connectivity index is 1.38. The van der Waals surface area contributed by atoms with E-state index in [1.165, 1.54) is 6.92 Å². The molecule has 0 aromatic carbocycles. The van der Waals surface area contributed by atoms with E-state index < -0.39 is 100 Å². The number of rotatable bonds is 9. The van der Waals surface area contributed by atoms with Crippen molar-refractivity contribution in [3.8, 4) is 0 Å². The normalized spacial score (nSPS) is 48.0. The van der Waals surface area contributed by atoms with Gasteiger partial charge in [0.05, 0.1) is 43.2 Å². The molecule has 6 fully saturated rings. The number of hydrogen-bond acceptors (Lipinski definition) is 13. The summed E-state index contributed by atoms with van der Waals surface area (Å²) in [7, 11) is 0. The van der Waals surface area contributed by atoms with Gasteiger partial charge < -0.3 is 48.5 Å². The monoisotopic (exact) mass is 570 g/mol. The topological polar surface area (TPSA) is 194 Å². The van der Waals surface area contributed by atoms with Crippen LogP contribution in [0, 0.1) is 28.1 Å². The van der Waals surface area contributed by atoms with Crippen molar-refractivity contribution in [1.82, 2.24) is 0 Å². The minimum absolute atomic E-state index is 0.0166. The van der Waals surface area contributed by atoms with Crippen LogP contribution in [0.5, 0.6) is 0 Å². The first kappa shape index (κ1) is 27.8. The Morgan fingerprint density at radius 2 is 1.70 bits per heavy atom. The Hall–Kier alpha value is -2.36. The number of aliphatic hydroxyl groups excluding tert-OH is 1. The van der Waals surface area contributed by atoms with E-state index in [4.69, 9.17) is 38.3 Å². The van der Waals surface area contributed by atoms with Crippen molar-refractivity contribution in [3.63, 3.8) is 0 Å². The second kappa shape index (κ2) is 8.58. The molecule has 11 atom stereocenters. The van der Waals surface area contributed by atoms with E-state index in [1.807, 2.05) is 20.8 Å². The molecular formula is C26H34O14. The maximum atomic E-state index is 13.8. The number of carbonyl (C=O) groups excluding carboxylic acids is 3. The Labute approximate surface area is 229 Å². The van der Waals surface area contributed by atoms with Gasteiger partial charge in [-0.15, -0.1) is 0 Å². The zero-order chi connectivity index (χ0) is 29.0. The summed E-state index contributed by atoms with van der Waals surface area (Å²) in [5.41, 5.74) is -8.29. The zero-order valence-corrected chi connectivity index (χ0v) is 22.6. The molecular weight excluding hydrogens is 536 g/mol. The second-order valence-electron chi connectivity index (χ2n) is 12.6. The van der Waals surface area contributed by atoms with Crippen LogP contribution in [0.15, 0.2) is 0 Å². The molecule has 2 saturated carbocycles. The Kier molecular flexibility index (Phi) is 5.96. The first-order valence-electron chi connectivity index (χ1n) is 13.4. The van der Waals surface area contributed by atoms with Gasteiger partial charge in [-0.1, -0.05) is 20.8 Å². The van der Waals surface area contributed by atoms with E-state index in [0.717, 1.165) is 0 Å². The van der Waals surface area contributed by atoms with E-state index >= 15 is 0 Å². The lowest BCUT2D eigenvalue weighted by atomic mass is 9.51. The van der Waals surface area contributed by atoms with Crippen LogP contribution in [0.25, 0.3) is 0 Å². The number of aliphatic carboxylic acids is 1. The van der Waals surface area contributed by atoms with E-state index in [1.54, 1.807) is 0 Å². The van der Waals surface area contributed by atoms with Crippen molar-refractivity contribution in [2.45, 2.75) is 76.0 Å². The minimum atomic E-state index is -2.28. The number of carboxylic acids is 1. The van der Waals surface area contributed by atoms with Crippen LogP contribution in [-0.4, -0.2) is 114 Å². The fourth-order valence-electron chi connectivity index (χ4n) is 8.90. The van der Waals surface area contributed by atoms with Crippen LogP contribution in [0.1, 0.15) is 34.1 Å². The first-order chi connectivity index (χ1) is 18.7. The van der Waals surface area contributed by atoms with Crippen LogP contribution >= 0.6 is 0 Å². The van der Waals surface area contributed by atoms with Gasteiger partial charge >= 0.3 is 23.9 Å². The summed E-state index contributed by atoms with van der Waals surface area (Å²) in [5, 5.41) is 32.8. The molecule has 0 amide bonds. The maximum Gasteiger partial charge on any atom is 0.343 e. The molecule has 4 heterocycles. The third-order valence-electron chi connectivity index (χ3n) is 10.1. The van der Waals surface area contributed by atoms with Gasteiger partial charge in [0.15, 0.2) is 17.8 Å². The van der Waals surface area contributed by atoms with Gasteiger partial charge in [-0.3, -0.25) is 4.79 Å². The molecule has 0 aromatic rings. The summed E-state index contributed by atoms with van der Waals surface area (Å²) < 4.78 is 39.9. The summed E-state index contributed by atoms with van der Waals surface area (Å²) in [6.45, 7) is 6.84. The summed E-state index contributed by atoms with van der Waals surface area (Å²) >= 11 is 0. The van der Waals surface area contributed by atoms with Crippen molar-refractivity contribution in [1.29, 1.82) is 0 Å². The van der Waals surface area contributed by atoms with Crippen molar-refractivity contribution < 1.29 is 67.7 Å². The third-order valence-corrected chi connectivity index (χ3v) is 10.1. The summed E-state index contributed by atoms with van der Waals surface area (Å²) in [6, 6.07) is 0. The van der Waals surface area contributed by atoms with Gasteiger partial charge in [-0.2, -0.15) is 0 Å². The molecule has 6 aliphatic rings. The van der Waals surface area contributed by atoms with Gasteiger partial charge in [0.25, 0.3) is 0 Å². The third kappa shape index (κ3) is 2.84. The first-order valence-corrected chi connectivity index (χ1v) is 13.4. The van der Waals surface area contributed by atoms with E-state index in [9.17, 15) is 29.4 Å². The fourth-order valence-corrected chi connectivity index (χ4v) is 8.90. The van der Waals surface area contributed by atoms with Crippen LogP contribution in [0.3, 0.4) is 0 Å². The van der Waals surface area contributed by atoms with Gasteiger partial charge in [-0.05, 0) is 24.7 Å². The molecule has 2 aliphatic carbocycles. The number of hydrogen-bond donors (Lipinski definition) is 3. The largest absolute Gasteiger partial charge is 0.480 e. The average molecular weight is 571 g/mol. The Bertz CT molecular complexity index is 1150. The molecule has 4 aliphatic heterocycles. The molecule has 14 nitrogen and oxygen atoms in total. The number of fused-ring (bicyclic) bond motifs is 1. The Morgan fingerprint density at radius 3 is 2.38 bits per heavy atom. The highest BCUT2D eigenvalue weighted by Crippen LogP contribution is 2.84. The molecule has 0 bridgehead atoms. The number of aliphatic hydroxyl groups is 2. The lowest BCUT2D eigenvalue weighted by molar-refractivity contribution is -0.240. The average Bonchev–Trinajstić information content (AvgIpc) is 3.58. The highest BCUT2D eigenvalue weighted by Gasteiger charge is 3.04. The van der Waals surface area contributed by atoms with Crippen LogP contribution in [0.2, 0.25) is 0 Å².